The molecule has 0 spiro atoms. The lowest BCUT2D eigenvalue weighted by Crippen LogP contribution is -2.42. The van der Waals surface area contributed by atoms with Crippen LogP contribution in [0, 0.1) is 11.8 Å². The van der Waals surface area contributed by atoms with Crippen LogP contribution in [0.2, 0.25) is 0 Å². The number of unbranched alkanes of at least 4 members (excludes halogenated alkanes) is 1. The number of amides is 2. The highest BCUT2D eigenvalue weighted by molar-refractivity contribution is 5.86. The zero-order valence-corrected chi connectivity index (χ0v) is 30.4. The molecule has 0 heterocycles. The van der Waals surface area contributed by atoms with Crippen LogP contribution in [-0.4, -0.2) is 42.1 Å². The standard InChI is InChI=1S/C45H52N2O6/c1-3-5-9-23-39(28-34-17-10-6-11-18-34)45(51)53-33-42(37-21-14-8-15-22-37)47-44(50)38(16-4-2)30-43(49)46-40(31-48)29-35-24-26-41(27-25-35)52-32-36-19-12-7-13-20-36/h3-4,6-8,10-15,17-22,24-27,38-40,42,48H,1-2,5,9,16,23,28-33H2,(H,46,49)(H,47,50). The van der Waals surface area contributed by atoms with Gasteiger partial charge in [0.25, 0.3) is 0 Å². The molecule has 0 fully saturated rings. The van der Waals surface area contributed by atoms with Crippen LogP contribution in [0.5, 0.6) is 5.75 Å². The van der Waals surface area contributed by atoms with E-state index in [4.69, 9.17) is 9.47 Å². The monoisotopic (exact) mass is 716 g/mol. The van der Waals surface area contributed by atoms with E-state index < -0.39 is 18.0 Å². The molecule has 4 atom stereocenters. The number of hydrogen-bond acceptors (Lipinski definition) is 6. The molecule has 2 amide bonds. The normalized spacial score (nSPS) is 13.1. The van der Waals surface area contributed by atoms with Gasteiger partial charge in [0.15, 0.2) is 0 Å². The number of rotatable bonds is 23. The second-order valence-corrected chi connectivity index (χ2v) is 13.2. The van der Waals surface area contributed by atoms with E-state index in [2.05, 4.69) is 23.8 Å². The van der Waals surface area contributed by atoms with Crippen LogP contribution in [0.4, 0.5) is 0 Å². The zero-order valence-electron chi connectivity index (χ0n) is 30.4. The van der Waals surface area contributed by atoms with Gasteiger partial charge < -0.3 is 25.2 Å². The van der Waals surface area contributed by atoms with Crippen LogP contribution in [0.25, 0.3) is 0 Å². The third-order valence-electron chi connectivity index (χ3n) is 9.02. The number of ether oxygens (including phenoxy) is 2. The van der Waals surface area contributed by atoms with Crippen molar-refractivity contribution in [1.82, 2.24) is 10.6 Å². The van der Waals surface area contributed by atoms with Crippen LogP contribution < -0.4 is 15.4 Å². The van der Waals surface area contributed by atoms with Gasteiger partial charge in [-0.25, -0.2) is 0 Å². The van der Waals surface area contributed by atoms with E-state index in [1.54, 1.807) is 6.08 Å². The Morgan fingerprint density at radius 3 is 1.96 bits per heavy atom. The molecule has 0 bridgehead atoms. The Hall–Kier alpha value is -5.47. The Bertz CT molecular complexity index is 1700. The van der Waals surface area contributed by atoms with Gasteiger partial charge in [0.2, 0.25) is 11.8 Å². The predicted octanol–water partition coefficient (Wildman–Crippen LogP) is 7.48. The van der Waals surface area contributed by atoms with E-state index in [9.17, 15) is 19.5 Å². The summed E-state index contributed by atoms with van der Waals surface area (Å²) in [6.07, 6.45) is 6.84. The van der Waals surface area contributed by atoms with Crippen LogP contribution in [0.1, 0.15) is 60.4 Å². The summed E-state index contributed by atoms with van der Waals surface area (Å²) in [7, 11) is 0. The molecule has 4 rings (SSSR count). The largest absolute Gasteiger partial charge is 0.489 e. The maximum Gasteiger partial charge on any atom is 0.309 e. The number of aliphatic hydroxyl groups is 1. The van der Waals surface area contributed by atoms with Crippen molar-refractivity contribution in [3.05, 3.63) is 163 Å². The molecule has 4 aromatic carbocycles. The van der Waals surface area contributed by atoms with Crippen molar-refractivity contribution in [2.45, 2.75) is 63.6 Å². The van der Waals surface area contributed by atoms with Crippen molar-refractivity contribution < 1.29 is 29.0 Å². The summed E-state index contributed by atoms with van der Waals surface area (Å²) in [6.45, 7) is 7.73. The van der Waals surface area contributed by atoms with Crippen LogP contribution in [0.15, 0.2) is 141 Å². The molecule has 8 heteroatoms. The summed E-state index contributed by atoms with van der Waals surface area (Å²) < 4.78 is 11.8. The quantitative estimate of drug-likeness (QED) is 0.0417. The van der Waals surface area contributed by atoms with Crippen LogP contribution >= 0.6 is 0 Å². The molecule has 0 aliphatic carbocycles. The summed E-state index contributed by atoms with van der Waals surface area (Å²) in [6, 6.07) is 35.5. The van der Waals surface area contributed by atoms with Gasteiger partial charge in [0.1, 0.15) is 19.0 Å². The molecule has 4 aromatic rings. The molecule has 53 heavy (non-hydrogen) atoms. The average molecular weight is 717 g/mol. The van der Waals surface area contributed by atoms with Crippen molar-refractivity contribution in [3.8, 4) is 5.75 Å². The first-order valence-corrected chi connectivity index (χ1v) is 18.3. The Morgan fingerprint density at radius 2 is 1.34 bits per heavy atom. The number of hydrogen-bond donors (Lipinski definition) is 3. The van der Waals surface area contributed by atoms with Gasteiger partial charge in [-0.2, -0.15) is 0 Å². The summed E-state index contributed by atoms with van der Waals surface area (Å²) in [4.78, 5) is 40.4. The minimum Gasteiger partial charge on any atom is -0.489 e. The second kappa shape index (κ2) is 22.5. The van der Waals surface area contributed by atoms with Gasteiger partial charge >= 0.3 is 5.97 Å². The lowest BCUT2D eigenvalue weighted by atomic mass is 9.94. The number of esters is 1. The molecule has 4 unspecified atom stereocenters. The lowest BCUT2D eigenvalue weighted by molar-refractivity contribution is -0.150. The molecule has 3 N–H and O–H groups in total. The van der Waals surface area contributed by atoms with E-state index in [-0.39, 0.29) is 49.8 Å². The third kappa shape index (κ3) is 14.2. The number of allylic oxidation sites excluding steroid dienone is 2. The second-order valence-electron chi connectivity index (χ2n) is 13.2. The lowest BCUT2D eigenvalue weighted by Gasteiger charge is -2.24. The fourth-order valence-electron chi connectivity index (χ4n) is 6.09. The smallest absolute Gasteiger partial charge is 0.309 e. The Balaban J connectivity index is 1.34. The Morgan fingerprint density at radius 1 is 0.717 bits per heavy atom. The van der Waals surface area contributed by atoms with Gasteiger partial charge in [-0.15, -0.1) is 13.2 Å². The van der Waals surface area contributed by atoms with Gasteiger partial charge in [-0.3, -0.25) is 14.4 Å². The zero-order chi connectivity index (χ0) is 37.7. The molecule has 0 radical (unpaired) electrons. The van der Waals surface area contributed by atoms with Crippen molar-refractivity contribution in [2.24, 2.45) is 11.8 Å². The van der Waals surface area contributed by atoms with E-state index in [0.717, 1.165) is 40.8 Å². The molecular weight excluding hydrogens is 665 g/mol. The van der Waals surface area contributed by atoms with Crippen molar-refractivity contribution in [2.75, 3.05) is 13.2 Å². The van der Waals surface area contributed by atoms with E-state index in [1.807, 2.05) is 121 Å². The first kappa shape index (κ1) is 40.3. The Kier molecular flexibility index (Phi) is 17.1. The number of benzene rings is 4. The van der Waals surface area contributed by atoms with Gasteiger partial charge in [0.05, 0.1) is 30.5 Å². The molecule has 0 saturated heterocycles. The molecule has 0 saturated carbocycles. The predicted molar refractivity (Wildman–Crippen MR) is 209 cm³/mol. The third-order valence-corrected chi connectivity index (χ3v) is 9.02. The number of carbonyl (C=O) groups is 3. The van der Waals surface area contributed by atoms with E-state index >= 15 is 0 Å². The molecule has 0 aliphatic heterocycles. The highest BCUT2D eigenvalue weighted by atomic mass is 16.5. The molecule has 0 aromatic heterocycles. The summed E-state index contributed by atoms with van der Waals surface area (Å²) in [5, 5.41) is 16.0. The average Bonchev–Trinajstić information content (AvgIpc) is 3.19. The Labute approximate surface area is 313 Å². The molecule has 0 aliphatic rings. The molecular formula is C45H52N2O6. The minimum atomic E-state index is -0.723. The topological polar surface area (TPSA) is 114 Å². The fraction of sp³-hybridized carbons (Fsp3) is 0.311. The van der Waals surface area contributed by atoms with Crippen molar-refractivity contribution in [3.63, 3.8) is 0 Å². The molecule has 8 nitrogen and oxygen atoms in total. The summed E-state index contributed by atoms with van der Waals surface area (Å²) in [5.41, 5.74) is 3.82. The number of nitrogens with one attached hydrogen (secondary N) is 2. The maximum absolute atomic E-state index is 13.7. The van der Waals surface area contributed by atoms with Gasteiger partial charge in [-0.05, 0) is 72.9 Å². The highest BCUT2D eigenvalue weighted by Crippen LogP contribution is 2.22. The van der Waals surface area contributed by atoms with Gasteiger partial charge in [0, 0.05) is 6.42 Å². The minimum absolute atomic E-state index is 0.0585. The van der Waals surface area contributed by atoms with E-state index in [1.165, 1.54) is 0 Å². The first-order valence-electron chi connectivity index (χ1n) is 18.3. The highest BCUT2D eigenvalue weighted by Gasteiger charge is 2.27. The number of carbonyl (C=O) groups excluding carboxylic acids is 3. The van der Waals surface area contributed by atoms with E-state index in [0.29, 0.717) is 25.9 Å². The summed E-state index contributed by atoms with van der Waals surface area (Å²) >= 11 is 0. The number of aliphatic hydroxyl groups excluding tert-OH is 1. The first-order chi connectivity index (χ1) is 25.9. The SMILES string of the molecule is C=CCCCC(Cc1ccccc1)C(=O)OCC(NC(=O)C(CC=C)CC(=O)NC(CO)Cc1ccc(OCc2ccccc2)cc1)c1ccccc1. The van der Waals surface area contributed by atoms with Crippen LogP contribution in [-0.2, 0) is 38.6 Å². The van der Waals surface area contributed by atoms with Crippen molar-refractivity contribution in [1.29, 1.82) is 0 Å². The maximum atomic E-state index is 13.7. The molecule has 278 valence electrons. The van der Waals surface area contributed by atoms with Crippen molar-refractivity contribution >= 4 is 17.8 Å². The van der Waals surface area contributed by atoms with Gasteiger partial charge in [-0.1, -0.05) is 115 Å². The summed E-state index contributed by atoms with van der Waals surface area (Å²) in [5.74, 6) is -1.38. The fourth-order valence-corrected chi connectivity index (χ4v) is 6.09. The van der Waals surface area contributed by atoms with Crippen LogP contribution in [0.3, 0.4) is 0 Å².